The maximum atomic E-state index is 12.8. The number of benzene rings is 1. The average molecular weight is 345 g/mol. The van der Waals surface area contributed by atoms with Gasteiger partial charge in [0.1, 0.15) is 6.54 Å². The van der Waals surface area contributed by atoms with E-state index < -0.39 is 11.9 Å². The molecule has 0 amide bonds. The molecule has 1 aromatic heterocycles. The van der Waals surface area contributed by atoms with Crippen molar-refractivity contribution in [3.8, 4) is 5.69 Å². The van der Waals surface area contributed by atoms with Crippen LogP contribution in [-0.2, 0) is 25.5 Å². The molecular weight excluding hydrogens is 326 g/mol. The highest BCUT2D eigenvalue weighted by Gasteiger charge is 2.20. The van der Waals surface area contributed by atoms with Gasteiger partial charge in [0, 0.05) is 5.71 Å². The van der Waals surface area contributed by atoms with Gasteiger partial charge in [-0.25, -0.2) is 4.68 Å². The fourth-order valence-electron chi connectivity index (χ4n) is 2.29. The Hall–Kier alpha value is -3.16. The largest absolute Gasteiger partial charge is 0.469 e. The number of nitrogens with one attached hydrogen (secondary N) is 1. The molecule has 132 valence electrons. The quantitative estimate of drug-likeness (QED) is 0.618. The first-order chi connectivity index (χ1) is 12.0. The molecule has 0 saturated carbocycles. The number of hydrogen-bond acceptors (Lipinski definition) is 6. The molecule has 0 saturated heterocycles. The zero-order valence-corrected chi connectivity index (χ0v) is 14.2. The smallest absolute Gasteiger partial charge is 0.327 e. The van der Waals surface area contributed by atoms with Gasteiger partial charge in [-0.2, -0.15) is 0 Å². The summed E-state index contributed by atoms with van der Waals surface area (Å²) in [5.74, 6) is -1.02. The number of H-pyrrole nitrogens is 1. The first-order valence-corrected chi connectivity index (χ1v) is 7.52. The summed E-state index contributed by atoms with van der Waals surface area (Å²) >= 11 is 0. The van der Waals surface area contributed by atoms with E-state index in [-0.39, 0.29) is 24.1 Å². The van der Waals surface area contributed by atoms with E-state index in [4.69, 9.17) is 0 Å². The van der Waals surface area contributed by atoms with Crippen LogP contribution >= 0.6 is 0 Å². The second-order valence-corrected chi connectivity index (χ2v) is 5.17. The molecule has 0 aliphatic rings. The van der Waals surface area contributed by atoms with Gasteiger partial charge in [-0.05, 0) is 19.1 Å². The second kappa shape index (κ2) is 8.09. The summed E-state index contributed by atoms with van der Waals surface area (Å²) in [5.41, 5.74) is 1.19. The predicted octanol–water partition coefficient (Wildman–Crippen LogP) is 0.863. The van der Waals surface area contributed by atoms with Crippen molar-refractivity contribution >= 4 is 17.7 Å². The molecule has 1 N–H and O–H groups in total. The van der Waals surface area contributed by atoms with E-state index in [9.17, 15) is 14.4 Å². The number of aromatic nitrogens is 2. The van der Waals surface area contributed by atoms with Crippen LogP contribution in [0.5, 0.6) is 0 Å². The highest BCUT2D eigenvalue weighted by Crippen LogP contribution is 2.10. The minimum absolute atomic E-state index is 0.119. The first-order valence-electron chi connectivity index (χ1n) is 7.52. The summed E-state index contributed by atoms with van der Waals surface area (Å²) < 4.78 is 10.5. The molecule has 0 atom stereocenters. The Morgan fingerprint density at radius 2 is 1.76 bits per heavy atom. The van der Waals surface area contributed by atoms with Crippen LogP contribution in [0.2, 0.25) is 0 Å². The fraction of sp³-hybridized carbons (Fsp3) is 0.294. The van der Waals surface area contributed by atoms with E-state index in [1.165, 1.54) is 18.9 Å². The van der Waals surface area contributed by atoms with Crippen LogP contribution in [0, 0.1) is 0 Å². The summed E-state index contributed by atoms with van der Waals surface area (Å²) in [6, 6.07) is 8.92. The second-order valence-electron chi connectivity index (χ2n) is 5.17. The van der Waals surface area contributed by atoms with Gasteiger partial charge in [-0.3, -0.25) is 24.5 Å². The average Bonchev–Trinajstić information content (AvgIpc) is 2.95. The molecule has 25 heavy (non-hydrogen) atoms. The van der Waals surface area contributed by atoms with E-state index in [2.05, 4.69) is 19.6 Å². The van der Waals surface area contributed by atoms with E-state index >= 15 is 0 Å². The van der Waals surface area contributed by atoms with Crippen molar-refractivity contribution < 1.29 is 19.1 Å². The minimum Gasteiger partial charge on any atom is -0.469 e. The van der Waals surface area contributed by atoms with Crippen molar-refractivity contribution in [1.29, 1.82) is 0 Å². The monoisotopic (exact) mass is 345 g/mol. The minimum atomic E-state index is -0.521. The van der Waals surface area contributed by atoms with E-state index in [1.54, 1.807) is 31.2 Å². The van der Waals surface area contributed by atoms with Crippen LogP contribution in [0.4, 0.5) is 0 Å². The SMILES string of the molecule is COC(=O)CN=C(C)c1c(CC(=O)OC)[nH]n(-c2ccccc2)c1=O. The Labute approximate surface area is 144 Å². The van der Waals surface area contributed by atoms with Crippen LogP contribution in [0.25, 0.3) is 5.69 Å². The van der Waals surface area contributed by atoms with Crippen molar-refractivity contribution in [2.24, 2.45) is 4.99 Å². The summed E-state index contributed by atoms with van der Waals surface area (Å²) in [6.07, 6.45) is -0.119. The number of aliphatic imine (C=N–C) groups is 1. The Kier molecular flexibility index (Phi) is 5.89. The molecule has 0 fully saturated rings. The molecule has 2 aromatic rings. The van der Waals surface area contributed by atoms with Gasteiger partial charge < -0.3 is 9.47 Å². The van der Waals surface area contributed by atoms with Crippen LogP contribution in [0.3, 0.4) is 0 Å². The number of rotatable bonds is 6. The van der Waals surface area contributed by atoms with Crippen LogP contribution < -0.4 is 5.56 Å². The fourth-order valence-corrected chi connectivity index (χ4v) is 2.29. The third kappa shape index (κ3) is 4.23. The van der Waals surface area contributed by atoms with Crippen LogP contribution in [0.15, 0.2) is 40.1 Å². The lowest BCUT2D eigenvalue weighted by atomic mass is 10.1. The van der Waals surface area contributed by atoms with Gasteiger partial charge in [0.05, 0.1) is 37.6 Å². The first kappa shape index (κ1) is 18.2. The molecular formula is C17H19N3O5. The summed E-state index contributed by atoms with van der Waals surface area (Å²) in [7, 11) is 2.53. The number of nitrogens with zero attached hydrogens (tertiary/aromatic N) is 2. The molecule has 0 spiro atoms. The number of aromatic amines is 1. The molecule has 2 rings (SSSR count). The third-order valence-electron chi connectivity index (χ3n) is 3.56. The Bertz CT molecular complexity index is 849. The van der Waals surface area contributed by atoms with Crippen LogP contribution in [0.1, 0.15) is 18.2 Å². The van der Waals surface area contributed by atoms with Gasteiger partial charge in [0.15, 0.2) is 0 Å². The molecule has 0 aliphatic heterocycles. The van der Waals surface area contributed by atoms with Gasteiger partial charge in [-0.1, -0.05) is 18.2 Å². The number of hydrogen-bond donors (Lipinski definition) is 1. The topological polar surface area (TPSA) is 103 Å². The zero-order valence-electron chi connectivity index (χ0n) is 14.2. The van der Waals surface area contributed by atoms with Crippen molar-refractivity contribution in [2.45, 2.75) is 13.3 Å². The molecule has 8 heteroatoms. The number of methoxy groups -OCH3 is 2. The predicted molar refractivity (Wildman–Crippen MR) is 91.2 cm³/mol. The number of para-hydroxylation sites is 1. The Balaban J connectivity index is 2.52. The molecule has 1 heterocycles. The molecule has 0 aliphatic carbocycles. The number of ether oxygens (including phenoxy) is 2. The standard InChI is InChI=1S/C17H19N3O5/c1-11(18-10-15(22)25-3)16-13(9-14(21)24-2)19-20(17(16)23)12-7-5-4-6-8-12/h4-8,19H,9-10H2,1-3H3. The maximum absolute atomic E-state index is 12.8. The number of carbonyl (C=O) groups excluding carboxylic acids is 2. The van der Waals surface area contributed by atoms with Gasteiger partial charge in [0.25, 0.3) is 5.56 Å². The summed E-state index contributed by atoms with van der Waals surface area (Å²) in [4.78, 5) is 39.8. The van der Waals surface area contributed by atoms with Crippen molar-refractivity contribution in [3.63, 3.8) is 0 Å². The third-order valence-corrected chi connectivity index (χ3v) is 3.56. The molecule has 0 unspecified atom stereocenters. The lowest BCUT2D eigenvalue weighted by molar-refractivity contribution is -0.140. The molecule has 0 radical (unpaired) electrons. The van der Waals surface area contributed by atoms with Gasteiger partial charge >= 0.3 is 11.9 Å². The van der Waals surface area contributed by atoms with E-state index in [0.29, 0.717) is 17.1 Å². The highest BCUT2D eigenvalue weighted by atomic mass is 16.5. The lowest BCUT2D eigenvalue weighted by Crippen LogP contribution is -2.20. The molecule has 8 nitrogen and oxygen atoms in total. The van der Waals surface area contributed by atoms with Crippen LogP contribution in [-0.4, -0.2) is 48.2 Å². The Morgan fingerprint density at radius 3 is 2.36 bits per heavy atom. The van der Waals surface area contributed by atoms with Gasteiger partial charge in [-0.15, -0.1) is 0 Å². The van der Waals surface area contributed by atoms with Gasteiger partial charge in [0.2, 0.25) is 0 Å². The van der Waals surface area contributed by atoms with E-state index in [0.717, 1.165) is 0 Å². The van der Waals surface area contributed by atoms with Crippen molar-refractivity contribution in [3.05, 3.63) is 51.9 Å². The van der Waals surface area contributed by atoms with Crippen molar-refractivity contribution in [1.82, 2.24) is 9.78 Å². The maximum Gasteiger partial charge on any atom is 0.327 e. The van der Waals surface area contributed by atoms with E-state index in [1.807, 2.05) is 6.07 Å². The number of esters is 2. The van der Waals surface area contributed by atoms with Crippen molar-refractivity contribution in [2.75, 3.05) is 20.8 Å². The normalized spacial score (nSPS) is 11.2. The summed E-state index contributed by atoms with van der Waals surface area (Å²) in [5, 5.41) is 2.92. The highest BCUT2D eigenvalue weighted by molar-refractivity contribution is 6.01. The molecule has 1 aromatic carbocycles. The summed E-state index contributed by atoms with van der Waals surface area (Å²) in [6.45, 7) is 1.39. The zero-order chi connectivity index (χ0) is 18.4. The Morgan fingerprint density at radius 1 is 1.12 bits per heavy atom. The number of carbonyl (C=O) groups is 2. The molecule has 0 bridgehead atoms. The lowest BCUT2D eigenvalue weighted by Gasteiger charge is -2.02.